The van der Waals surface area contributed by atoms with Crippen molar-refractivity contribution in [3.8, 4) is 0 Å². The van der Waals surface area contributed by atoms with Crippen molar-refractivity contribution in [1.29, 1.82) is 0 Å². The molecule has 0 saturated heterocycles. The molecular weight excluding hydrogens is 488 g/mol. The van der Waals surface area contributed by atoms with Gasteiger partial charge >= 0.3 is 12.0 Å². The minimum Gasteiger partial charge on any atom is -0.481 e. The van der Waals surface area contributed by atoms with E-state index >= 15 is 0 Å². The molecule has 9 heteroatoms. The van der Waals surface area contributed by atoms with Gasteiger partial charge in [-0.15, -0.1) is 11.3 Å². The molecule has 0 bridgehead atoms. The Morgan fingerprint density at radius 1 is 1.03 bits per heavy atom. The number of aliphatic carboxylic acids is 1. The van der Waals surface area contributed by atoms with E-state index in [0.29, 0.717) is 18.0 Å². The molecule has 3 amide bonds. The number of carboxylic acid groups (broad SMARTS) is 1. The Kier molecular flexibility index (Phi) is 9.79. The summed E-state index contributed by atoms with van der Waals surface area (Å²) in [4.78, 5) is 41.4. The van der Waals surface area contributed by atoms with Crippen LogP contribution in [0.2, 0.25) is 0 Å². The van der Waals surface area contributed by atoms with Crippen LogP contribution < -0.4 is 16.0 Å². The average molecular weight is 523 g/mol. The summed E-state index contributed by atoms with van der Waals surface area (Å²) in [6.07, 6.45) is 3.11. The molecular formula is C28H34N4O4S. The van der Waals surface area contributed by atoms with Gasteiger partial charge in [0, 0.05) is 22.4 Å². The summed E-state index contributed by atoms with van der Waals surface area (Å²) in [6.45, 7) is 8.12. The number of aromatic nitrogens is 1. The molecule has 1 heterocycles. The first-order valence-corrected chi connectivity index (χ1v) is 13.1. The first-order valence-electron chi connectivity index (χ1n) is 12.3. The normalized spacial score (nSPS) is 11.7. The van der Waals surface area contributed by atoms with E-state index in [4.69, 9.17) is 5.11 Å². The minimum absolute atomic E-state index is 0.0565. The van der Waals surface area contributed by atoms with Crippen LogP contribution in [0.25, 0.3) is 0 Å². The first kappa shape index (κ1) is 27.9. The van der Waals surface area contributed by atoms with Gasteiger partial charge in [0.1, 0.15) is 5.01 Å². The van der Waals surface area contributed by atoms with Crippen LogP contribution in [-0.2, 0) is 22.4 Å². The standard InChI is InChI=1S/C28H34N4O4S/c1-17(2)13-24(27-29-16-22(37-27)10-12-26(34)35)31-25(33)15-20-6-8-21(9-7-20)30-28(36)32-23-11-5-18(3)14-19(23)4/h5-9,11,14,16-17,24H,10,12-13,15H2,1-4H3,(H,31,33)(H,34,35)(H2,30,32,36). The molecule has 0 radical (unpaired) electrons. The Bertz CT molecular complexity index is 1240. The second-order valence-corrected chi connectivity index (χ2v) is 10.7. The van der Waals surface area contributed by atoms with Gasteiger partial charge in [-0.3, -0.25) is 9.59 Å². The maximum atomic E-state index is 12.8. The maximum Gasteiger partial charge on any atom is 0.323 e. The van der Waals surface area contributed by atoms with Gasteiger partial charge in [-0.2, -0.15) is 0 Å². The molecule has 0 aliphatic rings. The van der Waals surface area contributed by atoms with Gasteiger partial charge in [0.25, 0.3) is 0 Å². The highest BCUT2D eigenvalue weighted by Crippen LogP contribution is 2.27. The van der Waals surface area contributed by atoms with E-state index in [1.165, 1.54) is 11.3 Å². The van der Waals surface area contributed by atoms with E-state index in [-0.39, 0.29) is 30.8 Å². The second-order valence-electron chi connectivity index (χ2n) is 9.58. The number of rotatable bonds is 11. The summed E-state index contributed by atoms with van der Waals surface area (Å²) in [6, 6.07) is 12.4. The van der Waals surface area contributed by atoms with Crippen molar-refractivity contribution in [2.24, 2.45) is 5.92 Å². The highest BCUT2D eigenvalue weighted by atomic mass is 32.1. The van der Waals surface area contributed by atoms with E-state index < -0.39 is 5.97 Å². The summed E-state index contributed by atoms with van der Waals surface area (Å²) >= 11 is 1.45. The third-order valence-corrected chi connectivity index (χ3v) is 6.87. The van der Waals surface area contributed by atoms with Crippen LogP contribution in [0.4, 0.5) is 16.2 Å². The maximum absolute atomic E-state index is 12.8. The Morgan fingerprint density at radius 3 is 2.41 bits per heavy atom. The molecule has 4 N–H and O–H groups in total. The number of carbonyl (C=O) groups is 3. The quantitative estimate of drug-likeness (QED) is 0.251. The zero-order valence-electron chi connectivity index (χ0n) is 21.6. The number of anilines is 2. The molecule has 3 aromatic rings. The topological polar surface area (TPSA) is 120 Å². The van der Waals surface area contributed by atoms with E-state index in [9.17, 15) is 14.4 Å². The Balaban J connectivity index is 1.56. The molecule has 0 aliphatic heterocycles. The molecule has 1 unspecified atom stereocenters. The van der Waals surface area contributed by atoms with Crippen molar-refractivity contribution < 1.29 is 19.5 Å². The number of carboxylic acids is 1. The summed E-state index contributed by atoms with van der Waals surface area (Å²) in [5.74, 6) is -0.622. The Morgan fingerprint density at radius 2 is 1.76 bits per heavy atom. The number of hydrogen-bond acceptors (Lipinski definition) is 5. The number of urea groups is 1. The van der Waals surface area contributed by atoms with Gasteiger partial charge in [-0.05, 0) is 61.9 Å². The lowest BCUT2D eigenvalue weighted by Gasteiger charge is -2.18. The zero-order valence-corrected chi connectivity index (χ0v) is 22.4. The van der Waals surface area contributed by atoms with E-state index in [1.54, 1.807) is 18.3 Å². The van der Waals surface area contributed by atoms with Gasteiger partial charge in [0.05, 0.1) is 18.9 Å². The summed E-state index contributed by atoms with van der Waals surface area (Å²) in [7, 11) is 0. The van der Waals surface area contributed by atoms with Crippen LogP contribution in [0.3, 0.4) is 0 Å². The van der Waals surface area contributed by atoms with Crippen LogP contribution in [0.1, 0.15) is 59.3 Å². The van der Waals surface area contributed by atoms with Crippen LogP contribution in [0.15, 0.2) is 48.7 Å². The Labute approximate surface area is 221 Å². The van der Waals surface area contributed by atoms with Crippen LogP contribution >= 0.6 is 11.3 Å². The van der Waals surface area contributed by atoms with Gasteiger partial charge in [0.2, 0.25) is 5.91 Å². The number of nitrogens with one attached hydrogen (secondary N) is 3. The molecule has 196 valence electrons. The van der Waals surface area contributed by atoms with Gasteiger partial charge < -0.3 is 21.1 Å². The highest BCUT2D eigenvalue weighted by molar-refractivity contribution is 7.11. The summed E-state index contributed by atoms with van der Waals surface area (Å²) in [5, 5.41) is 18.5. The van der Waals surface area contributed by atoms with Crippen LogP contribution in [0, 0.1) is 19.8 Å². The van der Waals surface area contributed by atoms with Gasteiger partial charge in [-0.1, -0.05) is 43.7 Å². The predicted octanol–water partition coefficient (Wildman–Crippen LogP) is 5.87. The number of aryl methyl sites for hydroxylation is 3. The van der Waals surface area contributed by atoms with Gasteiger partial charge in [-0.25, -0.2) is 9.78 Å². The third kappa shape index (κ3) is 9.02. The van der Waals surface area contributed by atoms with Crippen molar-refractivity contribution in [1.82, 2.24) is 10.3 Å². The summed E-state index contributed by atoms with van der Waals surface area (Å²) in [5.41, 5.74) is 4.32. The molecule has 8 nitrogen and oxygen atoms in total. The smallest absolute Gasteiger partial charge is 0.323 e. The lowest BCUT2D eigenvalue weighted by molar-refractivity contribution is -0.137. The second kappa shape index (κ2) is 13.0. The lowest BCUT2D eigenvalue weighted by Crippen LogP contribution is -2.30. The monoisotopic (exact) mass is 522 g/mol. The lowest BCUT2D eigenvalue weighted by atomic mass is 10.0. The first-order chi connectivity index (χ1) is 17.6. The molecule has 1 aromatic heterocycles. The molecule has 0 spiro atoms. The molecule has 1 atom stereocenters. The van der Waals surface area contributed by atoms with E-state index in [0.717, 1.165) is 38.7 Å². The van der Waals surface area contributed by atoms with Crippen LogP contribution in [0.5, 0.6) is 0 Å². The fourth-order valence-corrected chi connectivity index (χ4v) is 4.88. The van der Waals surface area contributed by atoms with Crippen molar-refractivity contribution in [3.05, 3.63) is 75.2 Å². The molecule has 3 rings (SSSR count). The zero-order chi connectivity index (χ0) is 26.9. The van der Waals surface area contributed by atoms with Crippen molar-refractivity contribution in [2.45, 2.75) is 59.4 Å². The van der Waals surface area contributed by atoms with Crippen molar-refractivity contribution in [2.75, 3.05) is 10.6 Å². The van der Waals surface area contributed by atoms with E-state index in [2.05, 4.69) is 34.8 Å². The Hall–Kier alpha value is -3.72. The number of benzene rings is 2. The number of thiazole rings is 1. The highest BCUT2D eigenvalue weighted by Gasteiger charge is 2.20. The fourth-order valence-electron chi connectivity index (χ4n) is 3.90. The fraction of sp³-hybridized carbons (Fsp3) is 0.357. The van der Waals surface area contributed by atoms with E-state index in [1.807, 2.05) is 44.2 Å². The molecule has 0 fully saturated rings. The molecule has 0 aliphatic carbocycles. The van der Waals surface area contributed by atoms with Crippen LogP contribution in [-0.4, -0.2) is 28.0 Å². The van der Waals surface area contributed by atoms with Crippen molar-refractivity contribution >= 4 is 40.6 Å². The molecule has 2 aromatic carbocycles. The van der Waals surface area contributed by atoms with Gasteiger partial charge in [0.15, 0.2) is 0 Å². The number of hydrogen-bond donors (Lipinski definition) is 4. The number of nitrogens with zero attached hydrogens (tertiary/aromatic N) is 1. The summed E-state index contributed by atoms with van der Waals surface area (Å²) < 4.78 is 0. The average Bonchev–Trinajstić information content (AvgIpc) is 3.29. The largest absolute Gasteiger partial charge is 0.481 e. The third-order valence-electron chi connectivity index (χ3n) is 5.70. The number of carbonyl (C=O) groups excluding carboxylic acids is 2. The van der Waals surface area contributed by atoms with Crippen molar-refractivity contribution in [3.63, 3.8) is 0 Å². The molecule has 37 heavy (non-hydrogen) atoms. The SMILES string of the molecule is Cc1ccc(NC(=O)Nc2ccc(CC(=O)NC(CC(C)C)c3ncc(CCC(=O)O)s3)cc2)c(C)c1. The minimum atomic E-state index is -0.842. The predicted molar refractivity (Wildman–Crippen MR) is 147 cm³/mol. The molecule has 0 saturated carbocycles. The number of amides is 3.